The van der Waals surface area contributed by atoms with Crippen LogP contribution < -0.4 is 0 Å². The van der Waals surface area contributed by atoms with E-state index in [0.717, 1.165) is 10.0 Å². The average Bonchev–Trinajstić information content (AvgIpc) is 2.38. The van der Waals surface area contributed by atoms with Crippen LogP contribution in [0.2, 0.25) is 0 Å². The summed E-state index contributed by atoms with van der Waals surface area (Å²) in [4.78, 5) is 12.1. The Kier molecular flexibility index (Phi) is 4.71. The highest BCUT2D eigenvalue weighted by molar-refractivity contribution is 9.10. The molecule has 0 spiro atoms. The van der Waals surface area contributed by atoms with Crippen molar-refractivity contribution >= 4 is 21.7 Å². The van der Waals surface area contributed by atoms with Gasteiger partial charge in [0.25, 0.3) is 0 Å². The van der Waals surface area contributed by atoms with Crippen molar-refractivity contribution in [2.45, 2.75) is 26.7 Å². The Morgan fingerprint density at radius 3 is 2.50 bits per heavy atom. The first-order valence-electron chi connectivity index (χ1n) is 6.47. The van der Waals surface area contributed by atoms with Crippen LogP contribution in [0.4, 0.5) is 4.39 Å². The first-order valence-corrected chi connectivity index (χ1v) is 7.27. The zero-order valence-corrected chi connectivity index (χ0v) is 13.1. The van der Waals surface area contributed by atoms with Gasteiger partial charge < -0.3 is 0 Å². The van der Waals surface area contributed by atoms with Crippen molar-refractivity contribution in [2.75, 3.05) is 0 Å². The molecular formula is C17H16BrFO. The molecule has 0 aromatic heterocycles. The number of hydrogen-bond donors (Lipinski definition) is 0. The first-order chi connectivity index (χ1) is 9.45. The number of ketones is 1. The average molecular weight is 335 g/mol. The summed E-state index contributed by atoms with van der Waals surface area (Å²) < 4.78 is 14.0. The third-order valence-electron chi connectivity index (χ3n) is 3.37. The quantitative estimate of drug-likeness (QED) is 0.801. The molecule has 0 saturated heterocycles. The fourth-order valence-electron chi connectivity index (χ4n) is 2.09. The van der Waals surface area contributed by atoms with Crippen molar-refractivity contribution in [1.82, 2.24) is 0 Å². The molecule has 0 radical (unpaired) electrons. The highest BCUT2D eigenvalue weighted by atomic mass is 79.9. The molecular weight excluding hydrogens is 319 g/mol. The lowest BCUT2D eigenvalue weighted by Gasteiger charge is -2.06. The van der Waals surface area contributed by atoms with Crippen LogP contribution in [-0.2, 0) is 17.6 Å². The molecule has 3 heteroatoms. The summed E-state index contributed by atoms with van der Waals surface area (Å²) in [5, 5.41) is 0. The summed E-state index contributed by atoms with van der Waals surface area (Å²) in [7, 11) is 0. The topological polar surface area (TPSA) is 17.1 Å². The Hall–Kier alpha value is -1.48. The molecule has 0 aliphatic carbocycles. The minimum atomic E-state index is -0.317. The molecule has 0 amide bonds. The zero-order chi connectivity index (χ0) is 14.7. The van der Waals surface area contributed by atoms with Gasteiger partial charge in [-0.25, -0.2) is 4.39 Å². The van der Waals surface area contributed by atoms with Crippen molar-refractivity contribution < 1.29 is 9.18 Å². The smallest absolute Gasteiger partial charge is 0.141 e. The molecule has 0 heterocycles. The van der Waals surface area contributed by atoms with E-state index in [1.165, 1.54) is 23.3 Å². The van der Waals surface area contributed by atoms with E-state index in [1.54, 1.807) is 6.07 Å². The number of rotatable bonds is 4. The van der Waals surface area contributed by atoms with Gasteiger partial charge in [0.15, 0.2) is 0 Å². The largest absolute Gasteiger partial charge is 0.299 e. The van der Waals surface area contributed by atoms with Crippen molar-refractivity contribution in [1.29, 1.82) is 0 Å². The van der Waals surface area contributed by atoms with Crippen LogP contribution in [0.3, 0.4) is 0 Å². The Labute approximate surface area is 127 Å². The number of aryl methyl sites for hydroxylation is 2. The number of halogens is 2. The molecule has 1 nitrogen and oxygen atoms in total. The molecule has 2 rings (SSSR count). The van der Waals surface area contributed by atoms with Gasteiger partial charge >= 0.3 is 0 Å². The molecule has 0 bridgehead atoms. The van der Waals surface area contributed by atoms with Gasteiger partial charge in [-0.3, -0.25) is 4.79 Å². The van der Waals surface area contributed by atoms with Crippen LogP contribution in [0.25, 0.3) is 0 Å². The van der Waals surface area contributed by atoms with E-state index in [0.29, 0.717) is 12.0 Å². The van der Waals surface area contributed by atoms with Crippen molar-refractivity contribution in [2.24, 2.45) is 0 Å². The number of Topliss-reactive ketones (excluding diaryl/α,β-unsaturated/α-hetero) is 1. The summed E-state index contributed by atoms with van der Waals surface area (Å²) >= 11 is 3.35. The number of carbonyl (C=O) groups is 1. The van der Waals surface area contributed by atoms with Gasteiger partial charge in [-0.15, -0.1) is 0 Å². The van der Waals surface area contributed by atoms with Crippen LogP contribution in [0.15, 0.2) is 40.9 Å². The molecule has 0 atom stereocenters. The highest BCUT2D eigenvalue weighted by Crippen LogP contribution is 2.19. The molecule has 2 aromatic carbocycles. The summed E-state index contributed by atoms with van der Waals surface area (Å²) in [6.45, 7) is 4.08. The van der Waals surface area contributed by atoms with E-state index in [1.807, 2.05) is 32.0 Å². The lowest BCUT2D eigenvalue weighted by Crippen LogP contribution is -2.07. The third-order valence-corrected chi connectivity index (χ3v) is 4.14. The molecule has 0 aliphatic rings. The maximum atomic E-state index is 13.2. The minimum Gasteiger partial charge on any atom is -0.299 e. The van der Waals surface area contributed by atoms with Crippen LogP contribution in [0.5, 0.6) is 0 Å². The Balaban J connectivity index is 2.09. The monoisotopic (exact) mass is 334 g/mol. The van der Waals surface area contributed by atoms with Gasteiger partial charge in [0.05, 0.1) is 0 Å². The Morgan fingerprint density at radius 2 is 1.80 bits per heavy atom. The fourth-order valence-corrected chi connectivity index (χ4v) is 2.48. The maximum Gasteiger partial charge on any atom is 0.141 e. The van der Waals surface area contributed by atoms with Gasteiger partial charge in [0, 0.05) is 17.3 Å². The normalized spacial score (nSPS) is 10.6. The van der Waals surface area contributed by atoms with Gasteiger partial charge in [0.1, 0.15) is 11.6 Å². The van der Waals surface area contributed by atoms with Gasteiger partial charge in [-0.1, -0.05) is 34.1 Å². The van der Waals surface area contributed by atoms with Crippen LogP contribution in [0.1, 0.15) is 22.3 Å². The molecule has 104 valence electrons. The van der Waals surface area contributed by atoms with E-state index in [2.05, 4.69) is 15.9 Å². The van der Waals surface area contributed by atoms with Gasteiger partial charge in [-0.2, -0.15) is 0 Å². The lowest BCUT2D eigenvalue weighted by atomic mass is 9.99. The van der Waals surface area contributed by atoms with E-state index >= 15 is 0 Å². The van der Waals surface area contributed by atoms with Crippen LogP contribution >= 0.6 is 15.9 Å². The second kappa shape index (κ2) is 6.31. The predicted molar refractivity (Wildman–Crippen MR) is 82.4 cm³/mol. The molecule has 0 aliphatic heterocycles. The molecule has 0 saturated carbocycles. The molecule has 2 aromatic rings. The van der Waals surface area contributed by atoms with Crippen molar-refractivity contribution in [3.8, 4) is 0 Å². The second-order valence-corrected chi connectivity index (χ2v) is 5.90. The van der Waals surface area contributed by atoms with E-state index in [9.17, 15) is 9.18 Å². The minimum absolute atomic E-state index is 0.0829. The molecule has 0 N–H and O–H groups in total. The van der Waals surface area contributed by atoms with E-state index in [4.69, 9.17) is 0 Å². The molecule has 0 unspecified atom stereocenters. The zero-order valence-electron chi connectivity index (χ0n) is 11.5. The number of hydrogen-bond acceptors (Lipinski definition) is 1. The summed E-state index contributed by atoms with van der Waals surface area (Å²) in [5.74, 6) is -0.235. The fraction of sp³-hybridized carbons (Fsp3) is 0.235. The van der Waals surface area contributed by atoms with Gasteiger partial charge in [0.2, 0.25) is 0 Å². The summed E-state index contributed by atoms with van der Waals surface area (Å²) in [6, 6.07) is 10.4. The molecule has 0 fully saturated rings. The van der Waals surface area contributed by atoms with Gasteiger partial charge in [-0.05, 0) is 54.3 Å². The van der Waals surface area contributed by atoms with E-state index < -0.39 is 0 Å². The SMILES string of the molecule is Cc1ccc(CC(=O)Cc2cc(F)ccc2Br)cc1C. The number of benzene rings is 2. The first kappa shape index (κ1) is 14.9. The maximum absolute atomic E-state index is 13.2. The third kappa shape index (κ3) is 3.76. The second-order valence-electron chi connectivity index (χ2n) is 5.05. The standard InChI is InChI=1S/C17H16BrFO/c1-11-3-4-13(7-12(11)2)8-16(20)10-14-9-15(19)5-6-17(14)18/h3-7,9H,8,10H2,1-2H3. The summed E-state index contributed by atoms with van der Waals surface area (Å²) in [5.41, 5.74) is 4.10. The molecule has 20 heavy (non-hydrogen) atoms. The summed E-state index contributed by atoms with van der Waals surface area (Å²) in [6.07, 6.45) is 0.620. The predicted octanol–water partition coefficient (Wildman–Crippen LogP) is 4.56. The van der Waals surface area contributed by atoms with Crippen molar-refractivity contribution in [3.63, 3.8) is 0 Å². The van der Waals surface area contributed by atoms with Crippen LogP contribution in [0, 0.1) is 19.7 Å². The lowest BCUT2D eigenvalue weighted by molar-refractivity contribution is -0.117. The highest BCUT2D eigenvalue weighted by Gasteiger charge is 2.09. The van der Waals surface area contributed by atoms with E-state index in [-0.39, 0.29) is 18.0 Å². The number of carbonyl (C=O) groups excluding carboxylic acids is 1. The Morgan fingerprint density at radius 1 is 1.05 bits per heavy atom. The van der Waals surface area contributed by atoms with Crippen LogP contribution in [-0.4, -0.2) is 5.78 Å². The Bertz CT molecular complexity index is 649. The van der Waals surface area contributed by atoms with Crippen molar-refractivity contribution in [3.05, 3.63) is 68.9 Å².